The van der Waals surface area contributed by atoms with Gasteiger partial charge in [-0.25, -0.2) is 4.79 Å². The van der Waals surface area contributed by atoms with Crippen LogP contribution >= 0.6 is 0 Å². The number of carbonyl (C=O) groups is 5. The number of nitrogens with zero attached hydrogens (tertiary/aromatic N) is 3. The maximum atomic E-state index is 14.9. The summed E-state index contributed by atoms with van der Waals surface area (Å²) < 4.78 is 27.9. The van der Waals surface area contributed by atoms with Gasteiger partial charge in [-0.1, -0.05) is 75.2 Å². The fourth-order valence-electron chi connectivity index (χ4n) is 7.42. The number of Topliss-reactive ketones (excluding diaryl/α,β-unsaturated/α-hetero) is 1. The summed E-state index contributed by atoms with van der Waals surface area (Å²) in [7, 11) is 0.583. The summed E-state index contributed by atoms with van der Waals surface area (Å²) in [6.45, 7) is 17.6. The molecule has 298 valence electrons. The maximum absolute atomic E-state index is 14.9. The van der Waals surface area contributed by atoms with Gasteiger partial charge in [-0.05, 0) is 66.6 Å². The van der Waals surface area contributed by atoms with Crippen molar-refractivity contribution in [2.24, 2.45) is 21.7 Å². The molecule has 0 radical (unpaired) electrons. The van der Waals surface area contributed by atoms with Gasteiger partial charge in [0.25, 0.3) is 16.1 Å². The number of nitrogens with one attached hydrogen (secondary N) is 4. The molecular weight excluding hydrogens is 687 g/mol. The monoisotopic (exact) mass is 753 g/mol. The smallest absolute Gasteiger partial charge is 0.315 e. The lowest BCUT2D eigenvalue weighted by molar-refractivity contribution is -0.147. The minimum Gasteiger partial charge on any atom is -0.347 e. The van der Waals surface area contributed by atoms with Crippen LogP contribution in [0.4, 0.5) is 4.79 Å². The summed E-state index contributed by atoms with van der Waals surface area (Å²) in [6, 6.07) is -4.27. The van der Waals surface area contributed by atoms with Crippen LogP contribution in [0.15, 0.2) is 0 Å². The van der Waals surface area contributed by atoms with Gasteiger partial charge in [0.1, 0.15) is 12.1 Å². The molecule has 3 fully saturated rings. The van der Waals surface area contributed by atoms with E-state index in [1.54, 1.807) is 4.90 Å². The fraction of sp³-hybridized carbons (Fsp3) is 0.865. The van der Waals surface area contributed by atoms with Crippen molar-refractivity contribution < 1.29 is 32.4 Å². The Hall–Kier alpha value is -2.78. The zero-order valence-corrected chi connectivity index (χ0v) is 34.6. The SMILES string of the molecule is CCCC(NC(=O)[C@@H]1CCC2(CCC2)C(C)(C)CN1C(=O)[C@@H](NC(=O)N[C@H](CN(C)S(=O)(=O)N(C)C)C(C)(C)C)C(C)(C)C)C(=O)C(=O)NC1CC1. The Morgan fingerprint density at radius 1 is 0.865 bits per heavy atom. The van der Waals surface area contributed by atoms with Crippen molar-refractivity contribution in [2.75, 3.05) is 34.2 Å². The quantitative estimate of drug-likeness (QED) is 0.197. The van der Waals surface area contributed by atoms with Gasteiger partial charge in [-0.3, -0.25) is 19.2 Å². The molecule has 1 spiro atoms. The highest BCUT2D eigenvalue weighted by atomic mass is 32.2. The topological polar surface area (TPSA) is 177 Å². The Kier molecular flexibility index (Phi) is 13.7. The molecule has 15 heteroatoms. The van der Waals surface area contributed by atoms with Gasteiger partial charge < -0.3 is 26.2 Å². The van der Waals surface area contributed by atoms with Gasteiger partial charge in [-0.2, -0.15) is 17.0 Å². The van der Waals surface area contributed by atoms with Crippen LogP contribution in [0.5, 0.6) is 0 Å². The molecule has 4 N–H and O–H groups in total. The molecule has 1 heterocycles. The number of carbonyl (C=O) groups excluding carboxylic acids is 5. The lowest BCUT2D eigenvalue weighted by Crippen LogP contribution is -2.63. The highest BCUT2D eigenvalue weighted by Crippen LogP contribution is 2.58. The van der Waals surface area contributed by atoms with Gasteiger partial charge in [0, 0.05) is 46.3 Å². The van der Waals surface area contributed by atoms with Crippen molar-refractivity contribution in [3.63, 3.8) is 0 Å². The number of hydrogen-bond acceptors (Lipinski definition) is 7. The second-order valence-electron chi connectivity index (χ2n) is 18.4. The first-order valence-electron chi connectivity index (χ1n) is 18.9. The summed E-state index contributed by atoms with van der Waals surface area (Å²) in [5.74, 6) is -2.29. The van der Waals surface area contributed by atoms with Gasteiger partial charge in [0.15, 0.2) is 0 Å². The minimum absolute atomic E-state index is 0.00463. The van der Waals surface area contributed by atoms with Crippen LogP contribution in [0, 0.1) is 21.7 Å². The van der Waals surface area contributed by atoms with Crippen LogP contribution in [0.2, 0.25) is 0 Å². The second-order valence-corrected chi connectivity index (χ2v) is 20.7. The van der Waals surface area contributed by atoms with E-state index in [9.17, 15) is 32.4 Å². The Morgan fingerprint density at radius 2 is 1.46 bits per heavy atom. The molecule has 0 bridgehead atoms. The molecule has 0 aromatic carbocycles. The molecule has 4 atom stereocenters. The normalized spacial score (nSPS) is 22.1. The van der Waals surface area contributed by atoms with Crippen molar-refractivity contribution in [1.29, 1.82) is 0 Å². The van der Waals surface area contributed by atoms with Crippen LogP contribution in [0.3, 0.4) is 0 Å². The predicted octanol–water partition coefficient (Wildman–Crippen LogP) is 3.17. The van der Waals surface area contributed by atoms with Crippen molar-refractivity contribution >= 4 is 39.7 Å². The van der Waals surface area contributed by atoms with Crippen molar-refractivity contribution in [1.82, 2.24) is 34.8 Å². The number of rotatable bonds is 14. The van der Waals surface area contributed by atoms with Crippen LogP contribution in [0.25, 0.3) is 0 Å². The molecule has 0 aromatic rings. The maximum Gasteiger partial charge on any atom is 0.315 e. The third-order valence-electron chi connectivity index (χ3n) is 11.6. The number of amides is 5. The van der Waals surface area contributed by atoms with Gasteiger partial charge in [-0.15, -0.1) is 0 Å². The standard InChI is InChI=1S/C37H67N7O7S/c1-13-15-25(28(45)31(47)38-24-16-17-24)39-30(46)26-18-21-37(19-14-20-37)36(8,9)23-44(26)32(48)29(35(5,6)7)41-33(49)40-27(34(2,3)4)22-43(12)52(50,51)42(10)11/h24-27,29H,13-23H2,1-12H3,(H,38,47)(H,39,46)(H2,40,41,49)/t25?,26-,27+,29+/m0/s1. The van der Waals surface area contributed by atoms with E-state index in [0.29, 0.717) is 12.8 Å². The van der Waals surface area contributed by atoms with Crippen LogP contribution < -0.4 is 21.3 Å². The van der Waals surface area contributed by atoms with Crippen LogP contribution in [-0.2, 0) is 29.4 Å². The van der Waals surface area contributed by atoms with Crippen LogP contribution in [-0.4, -0.2) is 116 Å². The average molecular weight is 754 g/mol. The number of likely N-dealkylation sites (N-methyl/N-ethyl adjacent to an activating group) is 1. The molecule has 5 amide bonds. The average Bonchev–Trinajstić information content (AvgIpc) is 3.82. The Morgan fingerprint density at radius 3 is 1.92 bits per heavy atom. The highest BCUT2D eigenvalue weighted by molar-refractivity contribution is 7.86. The summed E-state index contributed by atoms with van der Waals surface area (Å²) in [4.78, 5) is 70.5. The summed E-state index contributed by atoms with van der Waals surface area (Å²) in [5, 5.41) is 11.4. The van der Waals surface area contributed by atoms with E-state index in [0.717, 1.165) is 42.8 Å². The number of likely N-dealkylation sites (tertiary alicyclic amines) is 1. The van der Waals surface area contributed by atoms with E-state index in [2.05, 4.69) is 35.1 Å². The molecule has 1 saturated heterocycles. The number of ketones is 1. The van der Waals surface area contributed by atoms with E-state index in [4.69, 9.17) is 0 Å². The third kappa shape index (κ3) is 10.2. The van der Waals surface area contributed by atoms with E-state index in [1.165, 1.54) is 25.4 Å². The first-order chi connectivity index (χ1) is 23.8. The summed E-state index contributed by atoms with van der Waals surface area (Å²) in [6.07, 6.45) is 6.66. The Bertz CT molecular complexity index is 1440. The lowest BCUT2D eigenvalue weighted by atomic mass is 9.53. The van der Waals surface area contributed by atoms with E-state index in [-0.39, 0.29) is 36.4 Å². The minimum atomic E-state index is -3.75. The molecule has 0 aromatic heterocycles. The molecule has 2 aliphatic carbocycles. The molecule has 1 aliphatic heterocycles. The largest absolute Gasteiger partial charge is 0.347 e. The van der Waals surface area contributed by atoms with Crippen LogP contribution in [0.1, 0.15) is 120 Å². The fourth-order valence-corrected chi connectivity index (χ4v) is 8.32. The van der Waals surface area contributed by atoms with E-state index < -0.39 is 74.7 Å². The number of hydrogen-bond donors (Lipinski definition) is 4. The molecular formula is C37H67N7O7S. The van der Waals surface area contributed by atoms with Gasteiger partial charge in [0.05, 0.1) is 6.04 Å². The van der Waals surface area contributed by atoms with Crippen molar-refractivity contribution in [3.8, 4) is 0 Å². The Labute approximate surface area is 312 Å². The molecule has 14 nitrogen and oxygen atoms in total. The first kappa shape index (κ1) is 43.6. The first-order valence-corrected chi connectivity index (χ1v) is 20.3. The van der Waals surface area contributed by atoms with Crippen molar-refractivity contribution in [2.45, 2.75) is 150 Å². The Balaban J connectivity index is 1.93. The number of urea groups is 1. The summed E-state index contributed by atoms with van der Waals surface area (Å²) >= 11 is 0. The highest BCUT2D eigenvalue weighted by Gasteiger charge is 2.55. The zero-order valence-electron chi connectivity index (χ0n) is 33.8. The zero-order chi connectivity index (χ0) is 39.6. The van der Waals surface area contributed by atoms with Gasteiger partial charge >= 0.3 is 6.03 Å². The van der Waals surface area contributed by atoms with Crippen molar-refractivity contribution in [3.05, 3.63) is 0 Å². The molecule has 2 saturated carbocycles. The molecule has 1 unspecified atom stereocenters. The third-order valence-corrected chi connectivity index (χ3v) is 13.4. The molecule has 3 rings (SSSR count). The van der Waals surface area contributed by atoms with E-state index >= 15 is 0 Å². The van der Waals surface area contributed by atoms with E-state index in [1.807, 2.05) is 48.5 Å². The summed E-state index contributed by atoms with van der Waals surface area (Å²) in [5.41, 5.74) is -1.73. The lowest BCUT2D eigenvalue weighted by Gasteiger charge is -2.53. The van der Waals surface area contributed by atoms with Gasteiger partial charge in [0.2, 0.25) is 17.6 Å². The molecule has 52 heavy (non-hydrogen) atoms. The predicted molar refractivity (Wildman–Crippen MR) is 201 cm³/mol. The molecule has 3 aliphatic rings. The second kappa shape index (κ2) is 16.3.